The minimum atomic E-state index is 0.365. The highest BCUT2D eigenvalue weighted by Gasteiger charge is 2.23. The van der Waals surface area contributed by atoms with E-state index in [2.05, 4.69) is 13.8 Å². The SMILES string of the molecule is CCCOCCC(N)C1CCCC(C)C1. The summed E-state index contributed by atoms with van der Waals surface area (Å²) in [4.78, 5) is 0. The van der Waals surface area contributed by atoms with Gasteiger partial charge in [0.15, 0.2) is 0 Å². The maximum absolute atomic E-state index is 6.21. The molecule has 2 N–H and O–H groups in total. The summed E-state index contributed by atoms with van der Waals surface area (Å²) < 4.78 is 5.49. The molecule has 0 spiro atoms. The van der Waals surface area contributed by atoms with Crippen molar-refractivity contribution in [2.45, 2.75) is 58.4 Å². The van der Waals surface area contributed by atoms with Gasteiger partial charge < -0.3 is 10.5 Å². The molecular weight excluding hydrogens is 186 g/mol. The fourth-order valence-electron chi connectivity index (χ4n) is 2.57. The van der Waals surface area contributed by atoms with Crippen molar-refractivity contribution >= 4 is 0 Å². The lowest BCUT2D eigenvalue weighted by Gasteiger charge is -2.31. The summed E-state index contributed by atoms with van der Waals surface area (Å²) in [5, 5.41) is 0. The zero-order valence-corrected chi connectivity index (χ0v) is 10.4. The Balaban J connectivity index is 2.12. The first-order valence-corrected chi connectivity index (χ1v) is 6.57. The normalized spacial score (nSPS) is 29.0. The van der Waals surface area contributed by atoms with Gasteiger partial charge in [-0.15, -0.1) is 0 Å². The molecule has 2 nitrogen and oxygen atoms in total. The molecule has 0 aromatic carbocycles. The van der Waals surface area contributed by atoms with E-state index in [1.807, 2.05) is 0 Å². The van der Waals surface area contributed by atoms with Crippen molar-refractivity contribution in [2.24, 2.45) is 17.6 Å². The Morgan fingerprint density at radius 2 is 2.13 bits per heavy atom. The van der Waals surface area contributed by atoms with E-state index in [-0.39, 0.29) is 0 Å². The molecule has 1 aliphatic carbocycles. The van der Waals surface area contributed by atoms with Crippen molar-refractivity contribution in [1.82, 2.24) is 0 Å². The fraction of sp³-hybridized carbons (Fsp3) is 1.00. The number of nitrogens with two attached hydrogens (primary N) is 1. The van der Waals surface area contributed by atoms with E-state index in [0.717, 1.165) is 37.9 Å². The standard InChI is InChI=1S/C13H27NO/c1-3-8-15-9-7-13(14)12-6-4-5-11(2)10-12/h11-13H,3-10,14H2,1-2H3. The molecule has 0 saturated heterocycles. The third kappa shape index (κ3) is 4.98. The maximum atomic E-state index is 6.21. The van der Waals surface area contributed by atoms with Gasteiger partial charge in [-0.25, -0.2) is 0 Å². The number of hydrogen-bond donors (Lipinski definition) is 1. The number of ether oxygens (including phenoxy) is 1. The molecule has 0 aromatic rings. The second-order valence-corrected chi connectivity index (χ2v) is 5.10. The van der Waals surface area contributed by atoms with Gasteiger partial charge in [-0.1, -0.05) is 26.7 Å². The van der Waals surface area contributed by atoms with E-state index in [9.17, 15) is 0 Å². The van der Waals surface area contributed by atoms with Crippen LogP contribution in [0.1, 0.15) is 52.4 Å². The topological polar surface area (TPSA) is 35.2 Å². The van der Waals surface area contributed by atoms with Crippen molar-refractivity contribution in [3.8, 4) is 0 Å². The lowest BCUT2D eigenvalue weighted by molar-refractivity contribution is 0.116. The molecule has 3 unspecified atom stereocenters. The lowest BCUT2D eigenvalue weighted by Crippen LogP contribution is -2.34. The van der Waals surface area contributed by atoms with Crippen molar-refractivity contribution < 1.29 is 4.74 Å². The molecule has 1 fully saturated rings. The van der Waals surface area contributed by atoms with Crippen LogP contribution in [0.2, 0.25) is 0 Å². The van der Waals surface area contributed by atoms with E-state index in [1.165, 1.54) is 25.7 Å². The smallest absolute Gasteiger partial charge is 0.0480 e. The second kappa shape index (κ2) is 7.24. The Kier molecular flexibility index (Phi) is 6.26. The molecule has 1 rings (SSSR count). The maximum Gasteiger partial charge on any atom is 0.0480 e. The van der Waals surface area contributed by atoms with Crippen LogP contribution >= 0.6 is 0 Å². The summed E-state index contributed by atoms with van der Waals surface area (Å²) in [7, 11) is 0. The van der Waals surface area contributed by atoms with Gasteiger partial charge in [-0.05, 0) is 37.5 Å². The Bertz CT molecular complexity index is 161. The van der Waals surface area contributed by atoms with Crippen molar-refractivity contribution in [1.29, 1.82) is 0 Å². The molecular formula is C13H27NO. The van der Waals surface area contributed by atoms with Crippen molar-refractivity contribution in [3.05, 3.63) is 0 Å². The summed E-state index contributed by atoms with van der Waals surface area (Å²) in [5.41, 5.74) is 6.21. The minimum absolute atomic E-state index is 0.365. The van der Waals surface area contributed by atoms with Crippen LogP contribution in [0.4, 0.5) is 0 Å². The molecule has 0 aromatic heterocycles. The largest absolute Gasteiger partial charge is 0.381 e. The van der Waals surface area contributed by atoms with Gasteiger partial charge in [-0.3, -0.25) is 0 Å². The molecule has 2 heteroatoms. The average Bonchev–Trinajstić information content (AvgIpc) is 2.24. The Labute approximate surface area is 94.6 Å². The zero-order chi connectivity index (χ0) is 11.1. The highest BCUT2D eigenvalue weighted by molar-refractivity contribution is 4.78. The molecule has 1 aliphatic rings. The van der Waals surface area contributed by atoms with Gasteiger partial charge in [0.05, 0.1) is 0 Å². The van der Waals surface area contributed by atoms with Crippen LogP contribution in [0.5, 0.6) is 0 Å². The first-order valence-electron chi connectivity index (χ1n) is 6.57. The molecule has 0 bridgehead atoms. The van der Waals surface area contributed by atoms with Gasteiger partial charge in [0, 0.05) is 19.3 Å². The van der Waals surface area contributed by atoms with E-state index in [4.69, 9.17) is 10.5 Å². The van der Waals surface area contributed by atoms with Crippen LogP contribution in [-0.4, -0.2) is 19.3 Å². The number of hydrogen-bond acceptors (Lipinski definition) is 2. The predicted octanol–water partition coefficient (Wildman–Crippen LogP) is 2.96. The predicted molar refractivity (Wildman–Crippen MR) is 64.8 cm³/mol. The van der Waals surface area contributed by atoms with Gasteiger partial charge in [0.25, 0.3) is 0 Å². The Morgan fingerprint density at radius 3 is 2.80 bits per heavy atom. The van der Waals surface area contributed by atoms with Crippen LogP contribution < -0.4 is 5.73 Å². The van der Waals surface area contributed by atoms with Gasteiger partial charge in [0.2, 0.25) is 0 Å². The highest BCUT2D eigenvalue weighted by atomic mass is 16.5. The van der Waals surface area contributed by atoms with Crippen LogP contribution in [0.3, 0.4) is 0 Å². The van der Waals surface area contributed by atoms with Crippen molar-refractivity contribution in [2.75, 3.05) is 13.2 Å². The lowest BCUT2D eigenvalue weighted by atomic mass is 9.78. The molecule has 0 heterocycles. The molecule has 15 heavy (non-hydrogen) atoms. The zero-order valence-electron chi connectivity index (χ0n) is 10.4. The quantitative estimate of drug-likeness (QED) is 0.688. The van der Waals surface area contributed by atoms with E-state index >= 15 is 0 Å². The first kappa shape index (κ1) is 13.0. The highest BCUT2D eigenvalue weighted by Crippen LogP contribution is 2.30. The van der Waals surface area contributed by atoms with E-state index in [1.54, 1.807) is 0 Å². The minimum Gasteiger partial charge on any atom is -0.381 e. The number of rotatable bonds is 6. The van der Waals surface area contributed by atoms with Crippen LogP contribution in [-0.2, 0) is 4.74 Å². The molecule has 0 radical (unpaired) electrons. The third-order valence-corrected chi connectivity index (χ3v) is 3.53. The average molecular weight is 213 g/mol. The summed E-state index contributed by atoms with van der Waals surface area (Å²) in [6.45, 7) is 6.23. The van der Waals surface area contributed by atoms with Crippen LogP contribution in [0.25, 0.3) is 0 Å². The summed E-state index contributed by atoms with van der Waals surface area (Å²) in [6, 6.07) is 0.365. The fourth-order valence-corrected chi connectivity index (χ4v) is 2.57. The summed E-state index contributed by atoms with van der Waals surface area (Å²) in [6.07, 6.45) is 7.58. The third-order valence-electron chi connectivity index (χ3n) is 3.53. The molecule has 0 amide bonds. The van der Waals surface area contributed by atoms with Gasteiger partial charge >= 0.3 is 0 Å². The van der Waals surface area contributed by atoms with Crippen molar-refractivity contribution in [3.63, 3.8) is 0 Å². The van der Waals surface area contributed by atoms with Crippen LogP contribution in [0, 0.1) is 11.8 Å². The summed E-state index contributed by atoms with van der Waals surface area (Å²) in [5.74, 6) is 1.63. The molecule has 0 aliphatic heterocycles. The summed E-state index contributed by atoms with van der Waals surface area (Å²) >= 11 is 0. The van der Waals surface area contributed by atoms with Gasteiger partial charge in [0.1, 0.15) is 0 Å². The molecule has 1 saturated carbocycles. The first-order chi connectivity index (χ1) is 7.24. The second-order valence-electron chi connectivity index (χ2n) is 5.10. The Morgan fingerprint density at radius 1 is 1.33 bits per heavy atom. The van der Waals surface area contributed by atoms with E-state index in [0.29, 0.717) is 6.04 Å². The Hall–Kier alpha value is -0.0800. The molecule has 3 atom stereocenters. The van der Waals surface area contributed by atoms with Gasteiger partial charge in [-0.2, -0.15) is 0 Å². The monoisotopic (exact) mass is 213 g/mol. The van der Waals surface area contributed by atoms with Crippen LogP contribution in [0.15, 0.2) is 0 Å². The molecule has 90 valence electrons. The van der Waals surface area contributed by atoms with E-state index < -0.39 is 0 Å².